The molecule has 19 heavy (non-hydrogen) atoms. The van der Waals surface area contributed by atoms with E-state index in [9.17, 15) is 8.42 Å². The van der Waals surface area contributed by atoms with Gasteiger partial charge in [0.15, 0.2) is 0 Å². The Hall–Kier alpha value is -1.13. The summed E-state index contributed by atoms with van der Waals surface area (Å²) in [6.07, 6.45) is 2.08. The Balaban J connectivity index is 0.00000180. The molecule has 2 rings (SSSR count). The van der Waals surface area contributed by atoms with Crippen LogP contribution in [-0.4, -0.2) is 27.5 Å². The molecule has 1 heterocycles. The zero-order valence-corrected chi connectivity index (χ0v) is 11.9. The SMILES string of the molecule is Cl.N#Cc1ccc(S(=O)(=O)NCC2CCCN2)cc1. The summed E-state index contributed by atoms with van der Waals surface area (Å²) in [4.78, 5) is 0.194. The summed E-state index contributed by atoms with van der Waals surface area (Å²) in [6, 6.07) is 8.08. The van der Waals surface area contributed by atoms with Crippen LogP contribution >= 0.6 is 12.4 Å². The fourth-order valence-corrected chi connectivity index (χ4v) is 3.01. The Bertz CT molecular complexity index is 545. The molecule has 0 bridgehead atoms. The maximum atomic E-state index is 12.0. The molecule has 0 amide bonds. The normalized spacial score (nSPS) is 18.6. The van der Waals surface area contributed by atoms with Gasteiger partial charge in [0, 0.05) is 12.6 Å². The highest BCUT2D eigenvalue weighted by Crippen LogP contribution is 2.11. The zero-order chi connectivity index (χ0) is 13.0. The molecular weight excluding hydrogens is 286 g/mol. The van der Waals surface area contributed by atoms with Gasteiger partial charge in [-0.2, -0.15) is 5.26 Å². The summed E-state index contributed by atoms with van der Waals surface area (Å²) in [5, 5.41) is 11.9. The van der Waals surface area contributed by atoms with Crippen molar-refractivity contribution in [3.8, 4) is 6.07 Å². The number of hydrogen-bond acceptors (Lipinski definition) is 4. The average Bonchev–Trinajstić information content (AvgIpc) is 2.90. The second-order valence-electron chi connectivity index (χ2n) is 4.28. The molecule has 2 N–H and O–H groups in total. The maximum absolute atomic E-state index is 12.0. The van der Waals surface area contributed by atoms with E-state index >= 15 is 0 Å². The molecular formula is C12H16ClN3O2S. The smallest absolute Gasteiger partial charge is 0.240 e. The van der Waals surface area contributed by atoms with Crippen molar-refractivity contribution in [3.05, 3.63) is 29.8 Å². The third kappa shape index (κ3) is 4.18. The summed E-state index contributed by atoms with van der Waals surface area (Å²) < 4.78 is 26.5. The minimum absolute atomic E-state index is 0. The molecule has 7 heteroatoms. The number of sulfonamides is 1. The van der Waals surface area contributed by atoms with E-state index in [0.29, 0.717) is 12.1 Å². The lowest BCUT2D eigenvalue weighted by Gasteiger charge is -2.11. The Morgan fingerprint density at radius 3 is 2.58 bits per heavy atom. The second kappa shape index (κ2) is 6.87. The van der Waals surface area contributed by atoms with E-state index in [2.05, 4.69) is 10.0 Å². The van der Waals surface area contributed by atoms with Crippen molar-refractivity contribution in [2.45, 2.75) is 23.8 Å². The average molecular weight is 302 g/mol. The molecule has 1 fully saturated rings. The summed E-state index contributed by atoms with van der Waals surface area (Å²) >= 11 is 0. The fraction of sp³-hybridized carbons (Fsp3) is 0.417. The van der Waals surface area contributed by atoms with Gasteiger partial charge in [-0.1, -0.05) is 0 Å². The van der Waals surface area contributed by atoms with Crippen LogP contribution in [-0.2, 0) is 10.0 Å². The molecule has 0 saturated carbocycles. The minimum Gasteiger partial charge on any atom is -0.313 e. The molecule has 1 unspecified atom stereocenters. The predicted molar refractivity (Wildman–Crippen MR) is 74.6 cm³/mol. The Morgan fingerprint density at radius 1 is 1.37 bits per heavy atom. The molecule has 1 saturated heterocycles. The molecule has 0 radical (unpaired) electrons. The van der Waals surface area contributed by atoms with Gasteiger partial charge >= 0.3 is 0 Å². The van der Waals surface area contributed by atoms with Crippen molar-refractivity contribution in [3.63, 3.8) is 0 Å². The highest BCUT2D eigenvalue weighted by molar-refractivity contribution is 7.89. The molecule has 0 spiro atoms. The lowest BCUT2D eigenvalue weighted by atomic mass is 10.2. The molecule has 1 aliphatic heterocycles. The van der Waals surface area contributed by atoms with Crippen molar-refractivity contribution in [2.75, 3.05) is 13.1 Å². The van der Waals surface area contributed by atoms with Crippen molar-refractivity contribution in [2.24, 2.45) is 0 Å². The summed E-state index contributed by atoms with van der Waals surface area (Å²) in [5.74, 6) is 0. The quantitative estimate of drug-likeness (QED) is 0.869. The van der Waals surface area contributed by atoms with Gasteiger partial charge in [0.1, 0.15) is 0 Å². The first kappa shape index (κ1) is 15.9. The lowest BCUT2D eigenvalue weighted by Crippen LogP contribution is -2.37. The molecule has 1 aromatic rings. The van der Waals surface area contributed by atoms with Crippen LogP contribution < -0.4 is 10.0 Å². The van der Waals surface area contributed by atoms with Crippen molar-refractivity contribution >= 4 is 22.4 Å². The Labute approximate surface area is 119 Å². The van der Waals surface area contributed by atoms with Crippen molar-refractivity contribution < 1.29 is 8.42 Å². The summed E-state index contributed by atoms with van der Waals surface area (Å²) in [5.41, 5.74) is 0.450. The van der Waals surface area contributed by atoms with Crippen LogP contribution in [0.2, 0.25) is 0 Å². The van der Waals surface area contributed by atoms with Gasteiger partial charge in [-0.25, -0.2) is 13.1 Å². The number of nitrogens with zero attached hydrogens (tertiary/aromatic N) is 1. The molecule has 1 aromatic carbocycles. The van der Waals surface area contributed by atoms with E-state index in [-0.39, 0.29) is 23.3 Å². The van der Waals surface area contributed by atoms with Crippen LogP contribution in [0, 0.1) is 11.3 Å². The molecule has 104 valence electrons. The molecule has 1 aliphatic rings. The standard InChI is InChI=1S/C12H15N3O2S.ClH/c13-8-10-3-5-12(6-4-10)18(16,17)15-9-11-2-1-7-14-11;/h3-6,11,14-15H,1-2,7,9H2;1H. The predicted octanol–water partition coefficient (Wildman–Crippen LogP) is 1.01. The number of nitrogens with one attached hydrogen (secondary N) is 2. The van der Waals surface area contributed by atoms with E-state index < -0.39 is 10.0 Å². The van der Waals surface area contributed by atoms with Gasteiger partial charge in [0.2, 0.25) is 10.0 Å². The van der Waals surface area contributed by atoms with Crippen LogP contribution in [0.25, 0.3) is 0 Å². The van der Waals surface area contributed by atoms with Crippen molar-refractivity contribution in [1.29, 1.82) is 5.26 Å². The monoisotopic (exact) mass is 301 g/mol. The topological polar surface area (TPSA) is 82.0 Å². The minimum atomic E-state index is -3.47. The van der Waals surface area contributed by atoms with E-state index in [0.717, 1.165) is 19.4 Å². The van der Waals surface area contributed by atoms with Gasteiger partial charge in [0.05, 0.1) is 16.5 Å². The largest absolute Gasteiger partial charge is 0.313 e. The van der Waals surface area contributed by atoms with Crippen molar-refractivity contribution in [1.82, 2.24) is 10.0 Å². The number of nitriles is 1. The number of hydrogen-bond donors (Lipinski definition) is 2. The highest BCUT2D eigenvalue weighted by atomic mass is 35.5. The van der Waals surface area contributed by atoms with Crippen LogP contribution in [0.4, 0.5) is 0 Å². The first-order chi connectivity index (χ1) is 8.62. The van der Waals surface area contributed by atoms with E-state index in [4.69, 9.17) is 5.26 Å². The first-order valence-electron chi connectivity index (χ1n) is 5.85. The van der Waals surface area contributed by atoms with Gasteiger partial charge < -0.3 is 5.32 Å². The lowest BCUT2D eigenvalue weighted by molar-refractivity contribution is 0.552. The van der Waals surface area contributed by atoms with Crippen LogP contribution in [0.15, 0.2) is 29.2 Å². The Morgan fingerprint density at radius 2 is 2.05 bits per heavy atom. The molecule has 1 atom stereocenters. The molecule has 0 aromatic heterocycles. The molecule has 0 aliphatic carbocycles. The third-order valence-electron chi connectivity index (χ3n) is 2.98. The van der Waals surface area contributed by atoms with Gasteiger partial charge in [0.25, 0.3) is 0 Å². The molecule has 5 nitrogen and oxygen atoms in total. The van der Waals surface area contributed by atoms with E-state index in [1.54, 1.807) is 0 Å². The van der Waals surface area contributed by atoms with Gasteiger partial charge in [-0.15, -0.1) is 12.4 Å². The van der Waals surface area contributed by atoms with Gasteiger partial charge in [-0.3, -0.25) is 0 Å². The second-order valence-corrected chi connectivity index (χ2v) is 6.05. The fourth-order valence-electron chi connectivity index (χ4n) is 1.93. The number of halogens is 1. The van der Waals surface area contributed by atoms with Gasteiger partial charge in [-0.05, 0) is 43.7 Å². The Kier molecular flexibility index (Phi) is 5.76. The van der Waals surface area contributed by atoms with Crippen LogP contribution in [0.3, 0.4) is 0 Å². The summed E-state index contributed by atoms with van der Waals surface area (Å²) in [7, 11) is -3.47. The van der Waals surface area contributed by atoms with Crippen LogP contribution in [0.1, 0.15) is 18.4 Å². The van der Waals surface area contributed by atoms with Crippen LogP contribution in [0.5, 0.6) is 0 Å². The van der Waals surface area contributed by atoms with E-state index in [1.165, 1.54) is 24.3 Å². The first-order valence-corrected chi connectivity index (χ1v) is 7.33. The summed E-state index contributed by atoms with van der Waals surface area (Å²) in [6.45, 7) is 1.35. The van der Waals surface area contributed by atoms with E-state index in [1.807, 2.05) is 6.07 Å². The number of benzene rings is 1. The highest BCUT2D eigenvalue weighted by Gasteiger charge is 2.18. The maximum Gasteiger partial charge on any atom is 0.240 e. The number of rotatable bonds is 4. The third-order valence-corrected chi connectivity index (χ3v) is 4.42. The zero-order valence-electron chi connectivity index (χ0n) is 10.3.